The molecular weight excluding hydrogens is 247 g/mol. The molecule has 19 heavy (non-hydrogen) atoms. The Kier molecular flexibility index (Phi) is 3.83. The van der Waals surface area contributed by atoms with Crippen molar-refractivity contribution in [2.45, 2.75) is 38.8 Å². The van der Waals surface area contributed by atoms with E-state index in [2.05, 4.69) is 5.32 Å². The van der Waals surface area contributed by atoms with E-state index in [1.165, 1.54) is 29.2 Å². The van der Waals surface area contributed by atoms with Crippen LogP contribution >= 0.6 is 0 Å². The van der Waals surface area contributed by atoms with Crippen molar-refractivity contribution in [3.05, 3.63) is 30.1 Å². The van der Waals surface area contributed by atoms with Gasteiger partial charge in [0.25, 0.3) is 0 Å². The van der Waals surface area contributed by atoms with Gasteiger partial charge in [0.05, 0.1) is 0 Å². The molecule has 1 aromatic rings. The summed E-state index contributed by atoms with van der Waals surface area (Å²) in [5, 5.41) is 2.72. The fourth-order valence-corrected chi connectivity index (χ4v) is 2.32. The summed E-state index contributed by atoms with van der Waals surface area (Å²) in [5.74, 6) is -0.656. The Balaban J connectivity index is 2.39. The van der Waals surface area contributed by atoms with Gasteiger partial charge in [-0.25, -0.2) is 4.39 Å². The lowest BCUT2D eigenvalue weighted by Gasteiger charge is -2.38. The van der Waals surface area contributed by atoms with Crippen LogP contribution in [0.15, 0.2) is 24.3 Å². The van der Waals surface area contributed by atoms with E-state index >= 15 is 0 Å². The zero-order chi connectivity index (χ0) is 14.0. The second-order valence-electron chi connectivity index (χ2n) is 4.58. The zero-order valence-electron chi connectivity index (χ0n) is 11.0. The molecule has 1 aliphatic heterocycles. The fraction of sp³-hybridized carbons (Fsp3) is 0.429. The number of nitrogens with one attached hydrogen (secondary N) is 1. The SMILES string of the molecule is CCC1NC(=O)C(CC)N(c2ccc(F)cc2)C1=O. The molecule has 2 amide bonds. The van der Waals surface area contributed by atoms with Gasteiger partial charge in [0.1, 0.15) is 17.9 Å². The number of benzene rings is 1. The predicted molar refractivity (Wildman–Crippen MR) is 70.2 cm³/mol. The van der Waals surface area contributed by atoms with E-state index in [1.54, 1.807) is 0 Å². The lowest BCUT2D eigenvalue weighted by atomic mass is 10.0. The minimum atomic E-state index is -0.527. The van der Waals surface area contributed by atoms with E-state index in [0.29, 0.717) is 18.5 Å². The van der Waals surface area contributed by atoms with Gasteiger partial charge in [-0.3, -0.25) is 14.5 Å². The highest BCUT2D eigenvalue weighted by Crippen LogP contribution is 2.24. The van der Waals surface area contributed by atoms with E-state index < -0.39 is 12.1 Å². The Labute approximate surface area is 111 Å². The molecule has 102 valence electrons. The van der Waals surface area contributed by atoms with E-state index in [4.69, 9.17) is 0 Å². The molecule has 0 aliphatic carbocycles. The van der Waals surface area contributed by atoms with Crippen LogP contribution in [0.5, 0.6) is 0 Å². The minimum Gasteiger partial charge on any atom is -0.342 e. The number of hydrogen-bond donors (Lipinski definition) is 1. The Hall–Kier alpha value is -1.91. The monoisotopic (exact) mass is 264 g/mol. The van der Waals surface area contributed by atoms with Crippen molar-refractivity contribution in [1.82, 2.24) is 5.32 Å². The summed E-state index contributed by atoms with van der Waals surface area (Å²) in [6.45, 7) is 3.69. The fourth-order valence-electron chi connectivity index (χ4n) is 2.32. The summed E-state index contributed by atoms with van der Waals surface area (Å²) in [7, 11) is 0. The lowest BCUT2D eigenvalue weighted by Crippen LogP contribution is -2.63. The normalized spacial score (nSPS) is 23.4. The van der Waals surface area contributed by atoms with Gasteiger partial charge in [0.15, 0.2) is 0 Å². The van der Waals surface area contributed by atoms with Crippen molar-refractivity contribution < 1.29 is 14.0 Å². The van der Waals surface area contributed by atoms with Crippen molar-refractivity contribution >= 4 is 17.5 Å². The third kappa shape index (κ3) is 2.45. The van der Waals surface area contributed by atoms with Crippen LogP contribution in [0.1, 0.15) is 26.7 Å². The first-order chi connectivity index (χ1) is 9.08. The Morgan fingerprint density at radius 3 is 2.32 bits per heavy atom. The summed E-state index contributed by atoms with van der Waals surface area (Å²) in [5.41, 5.74) is 0.562. The Bertz CT molecular complexity index is 487. The van der Waals surface area contributed by atoms with Crippen LogP contribution in [-0.4, -0.2) is 23.9 Å². The second-order valence-corrected chi connectivity index (χ2v) is 4.58. The third-order valence-electron chi connectivity index (χ3n) is 3.37. The van der Waals surface area contributed by atoms with Crippen molar-refractivity contribution in [2.75, 3.05) is 4.90 Å². The van der Waals surface area contributed by atoms with Crippen LogP contribution in [0.25, 0.3) is 0 Å². The zero-order valence-corrected chi connectivity index (χ0v) is 11.0. The van der Waals surface area contributed by atoms with Gasteiger partial charge in [-0.15, -0.1) is 0 Å². The molecule has 1 heterocycles. The molecule has 1 aliphatic rings. The highest BCUT2D eigenvalue weighted by molar-refractivity contribution is 6.08. The maximum absolute atomic E-state index is 13.0. The van der Waals surface area contributed by atoms with E-state index in [1.807, 2.05) is 13.8 Å². The van der Waals surface area contributed by atoms with Gasteiger partial charge in [-0.2, -0.15) is 0 Å². The van der Waals surface area contributed by atoms with E-state index in [0.717, 1.165) is 0 Å². The summed E-state index contributed by atoms with van der Waals surface area (Å²) >= 11 is 0. The molecule has 2 rings (SSSR count). The first kappa shape index (κ1) is 13.5. The molecule has 5 heteroatoms. The maximum atomic E-state index is 13.0. The summed E-state index contributed by atoms with van der Waals surface area (Å²) in [6, 6.07) is 4.62. The number of carbonyl (C=O) groups is 2. The summed E-state index contributed by atoms with van der Waals surface area (Å²) in [4.78, 5) is 25.9. The lowest BCUT2D eigenvalue weighted by molar-refractivity contribution is -0.134. The number of amides is 2. The number of rotatable bonds is 3. The first-order valence-corrected chi connectivity index (χ1v) is 6.47. The van der Waals surface area contributed by atoms with Crippen LogP contribution in [0, 0.1) is 5.82 Å². The van der Waals surface area contributed by atoms with Gasteiger partial charge in [-0.05, 0) is 37.1 Å². The largest absolute Gasteiger partial charge is 0.342 e. The van der Waals surface area contributed by atoms with E-state index in [-0.39, 0.29) is 17.6 Å². The van der Waals surface area contributed by atoms with Crippen molar-refractivity contribution in [3.63, 3.8) is 0 Å². The topological polar surface area (TPSA) is 49.4 Å². The van der Waals surface area contributed by atoms with Gasteiger partial charge >= 0.3 is 0 Å². The molecule has 0 spiro atoms. The van der Waals surface area contributed by atoms with E-state index in [9.17, 15) is 14.0 Å². The van der Waals surface area contributed by atoms with Crippen LogP contribution in [-0.2, 0) is 9.59 Å². The molecule has 1 aromatic carbocycles. The Morgan fingerprint density at radius 2 is 1.79 bits per heavy atom. The molecule has 1 N–H and O–H groups in total. The molecule has 1 fully saturated rings. The molecule has 2 atom stereocenters. The predicted octanol–water partition coefficient (Wildman–Crippen LogP) is 1.85. The number of anilines is 1. The highest BCUT2D eigenvalue weighted by atomic mass is 19.1. The average molecular weight is 264 g/mol. The summed E-state index contributed by atoms with van der Waals surface area (Å²) < 4.78 is 13.0. The standard InChI is InChI=1S/C14H17FN2O2/c1-3-11-14(19)17(12(4-2)13(18)16-11)10-7-5-9(15)6-8-10/h5-8,11-12H,3-4H2,1-2H3,(H,16,18). The van der Waals surface area contributed by atoms with Gasteiger partial charge in [-0.1, -0.05) is 13.8 Å². The average Bonchev–Trinajstić information content (AvgIpc) is 2.41. The Morgan fingerprint density at radius 1 is 1.16 bits per heavy atom. The molecule has 0 aromatic heterocycles. The van der Waals surface area contributed by atoms with Crippen LogP contribution < -0.4 is 10.2 Å². The maximum Gasteiger partial charge on any atom is 0.250 e. The van der Waals surface area contributed by atoms with Gasteiger partial charge in [0.2, 0.25) is 11.8 Å². The molecule has 1 saturated heterocycles. The number of hydrogen-bond acceptors (Lipinski definition) is 2. The number of nitrogens with zero attached hydrogens (tertiary/aromatic N) is 1. The second kappa shape index (κ2) is 5.38. The highest BCUT2D eigenvalue weighted by Gasteiger charge is 2.39. The van der Waals surface area contributed by atoms with Crippen LogP contribution in [0.4, 0.5) is 10.1 Å². The molecule has 0 saturated carbocycles. The van der Waals surface area contributed by atoms with Crippen LogP contribution in [0.2, 0.25) is 0 Å². The molecular formula is C14H17FN2O2. The van der Waals surface area contributed by atoms with Gasteiger partial charge in [0, 0.05) is 5.69 Å². The third-order valence-corrected chi connectivity index (χ3v) is 3.37. The van der Waals surface area contributed by atoms with Gasteiger partial charge < -0.3 is 5.32 Å². The van der Waals surface area contributed by atoms with Crippen molar-refractivity contribution in [1.29, 1.82) is 0 Å². The number of piperazine rings is 1. The molecule has 0 radical (unpaired) electrons. The summed E-state index contributed by atoms with van der Waals surface area (Å²) in [6.07, 6.45) is 1.06. The molecule has 2 unspecified atom stereocenters. The minimum absolute atomic E-state index is 0.138. The van der Waals surface area contributed by atoms with Crippen LogP contribution in [0.3, 0.4) is 0 Å². The first-order valence-electron chi connectivity index (χ1n) is 6.47. The number of carbonyl (C=O) groups excluding carboxylic acids is 2. The van der Waals surface area contributed by atoms with Crippen molar-refractivity contribution in [2.24, 2.45) is 0 Å². The molecule has 4 nitrogen and oxygen atoms in total. The quantitative estimate of drug-likeness (QED) is 0.905. The smallest absolute Gasteiger partial charge is 0.250 e. The molecule has 0 bridgehead atoms. The van der Waals surface area contributed by atoms with Crippen molar-refractivity contribution in [3.8, 4) is 0 Å². The number of halogens is 1.